The Morgan fingerprint density at radius 2 is 1.73 bits per heavy atom. The van der Waals surface area contributed by atoms with E-state index < -0.39 is 0 Å². The summed E-state index contributed by atoms with van der Waals surface area (Å²) in [4.78, 5) is 4.34. The van der Waals surface area contributed by atoms with Gasteiger partial charge in [-0.1, -0.05) is 0 Å². The fourth-order valence-electron chi connectivity index (χ4n) is 1.45. The molecule has 0 fully saturated rings. The summed E-state index contributed by atoms with van der Waals surface area (Å²) in [5.41, 5.74) is 2.28. The Hall–Kier alpha value is -0.990. The Kier molecular flexibility index (Phi) is 1.56. The zero-order valence-corrected chi connectivity index (χ0v) is 6.67. The lowest BCUT2D eigenvalue weighted by Gasteiger charge is -2.11. The topological polar surface area (TPSA) is 38.7 Å². The number of aromatic nitrogens is 3. The Morgan fingerprint density at radius 3 is 2.55 bits per heavy atom. The Morgan fingerprint density at radius 1 is 1.00 bits per heavy atom. The van der Waals surface area contributed by atoms with Crippen LogP contribution >= 0.6 is 0 Å². The van der Waals surface area contributed by atoms with Gasteiger partial charge in [0, 0.05) is 0 Å². The molecule has 0 unspecified atom stereocenters. The molecule has 0 aliphatic heterocycles. The van der Waals surface area contributed by atoms with E-state index in [-0.39, 0.29) is 0 Å². The first-order chi connectivity index (χ1) is 5.36. The predicted octanol–water partition coefficient (Wildman–Crippen LogP) is 1.06. The minimum atomic E-state index is 0.797. The van der Waals surface area contributed by atoms with Crippen LogP contribution in [0.25, 0.3) is 0 Å². The van der Waals surface area contributed by atoms with Gasteiger partial charge in [-0.05, 0) is 32.6 Å². The summed E-state index contributed by atoms with van der Waals surface area (Å²) in [5, 5.41) is 8.04. The van der Waals surface area contributed by atoms with Crippen molar-refractivity contribution in [3.63, 3.8) is 0 Å². The van der Waals surface area contributed by atoms with Crippen molar-refractivity contribution in [3.05, 3.63) is 17.2 Å². The fraction of sp³-hybridized carbons (Fsp3) is 0.625. The molecule has 0 spiro atoms. The van der Waals surface area contributed by atoms with E-state index in [1.165, 1.54) is 18.5 Å². The maximum absolute atomic E-state index is 4.34. The molecule has 1 aliphatic carbocycles. The summed E-state index contributed by atoms with van der Waals surface area (Å²) in [6.07, 6.45) is 4.65. The van der Waals surface area contributed by atoms with Crippen LogP contribution < -0.4 is 0 Å². The molecule has 58 valence electrons. The summed E-state index contributed by atoms with van der Waals surface area (Å²) in [7, 11) is 0. The number of aryl methyl sites for hydroxylation is 3. The SMILES string of the molecule is Cc1nnc2c(n1)CCCC2. The van der Waals surface area contributed by atoms with Gasteiger partial charge in [0.25, 0.3) is 0 Å². The van der Waals surface area contributed by atoms with Crippen LogP contribution in [0.5, 0.6) is 0 Å². The average molecular weight is 149 g/mol. The number of rotatable bonds is 0. The minimum absolute atomic E-state index is 0.797. The molecule has 2 rings (SSSR count). The molecule has 0 saturated carbocycles. The molecule has 0 atom stereocenters. The molecular weight excluding hydrogens is 138 g/mol. The lowest BCUT2D eigenvalue weighted by atomic mass is 10.0. The Labute approximate surface area is 65.9 Å². The molecule has 0 saturated heterocycles. The molecule has 1 heterocycles. The third-order valence-corrected chi connectivity index (χ3v) is 2.02. The molecule has 3 heteroatoms. The molecule has 0 N–H and O–H groups in total. The number of hydrogen-bond acceptors (Lipinski definition) is 3. The third-order valence-electron chi connectivity index (χ3n) is 2.02. The molecule has 11 heavy (non-hydrogen) atoms. The van der Waals surface area contributed by atoms with Crippen molar-refractivity contribution < 1.29 is 0 Å². The van der Waals surface area contributed by atoms with E-state index in [1.807, 2.05) is 6.92 Å². The van der Waals surface area contributed by atoms with Gasteiger partial charge in [-0.2, -0.15) is 5.10 Å². The Bertz CT molecular complexity index is 270. The van der Waals surface area contributed by atoms with Crippen LogP contribution in [-0.4, -0.2) is 15.2 Å². The molecule has 0 amide bonds. The van der Waals surface area contributed by atoms with Crippen molar-refractivity contribution in [1.82, 2.24) is 15.2 Å². The molecule has 1 aliphatic rings. The summed E-state index contributed by atoms with van der Waals surface area (Å²) in [6, 6.07) is 0. The molecule has 1 aromatic rings. The average Bonchev–Trinajstić information content (AvgIpc) is 2.04. The molecule has 0 radical (unpaired) electrons. The zero-order valence-electron chi connectivity index (χ0n) is 6.67. The van der Waals surface area contributed by atoms with Crippen LogP contribution in [-0.2, 0) is 12.8 Å². The molecule has 3 nitrogen and oxygen atoms in total. The van der Waals surface area contributed by atoms with Gasteiger partial charge in [0.1, 0.15) is 5.82 Å². The highest BCUT2D eigenvalue weighted by atomic mass is 15.2. The van der Waals surface area contributed by atoms with Gasteiger partial charge in [0.15, 0.2) is 0 Å². The minimum Gasteiger partial charge on any atom is -0.234 e. The summed E-state index contributed by atoms with van der Waals surface area (Å²) >= 11 is 0. The van der Waals surface area contributed by atoms with Crippen LogP contribution in [0.3, 0.4) is 0 Å². The number of fused-ring (bicyclic) bond motifs is 1. The van der Waals surface area contributed by atoms with E-state index >= 15 is 0 Å². The quantitative estimate of drug-likeness (QED) is 0.553. The lowest BCUT2D eigenvalue weighted by Crippen LogP contribution is -2.10. The molecule has 0 aromatic carbocycles. The zero-order chi connectivity index (χ0) is 7.68. The first-order valence-electron chi connectivity index (χ1n) is 4.05. The van der Waals surface area contributed by atoms with E-state index in [4.69, 9.17) is 0 Å². The second-order valence-electron chi connectivity index (χ2n) is 2.96. The lowest BCUT2D eigenvalue weighted by molar-refractivity contribution is 0.625. The fourth-order valence-corrected chi connectivity index (χ4v) is 1.45. The van der Waals surface area contributed by atoms with Crippen molar-refractivity contribution in [2.24, 2.45) is 0 Å². The first kappa shape index (κ1) is 6.70. The van der Waals surface area contributed by atoms with Gasteiger partial charge < -0.3 is 0 Å². The van der Waals surface area contributed by atoms with Gasteiger partial charge in [-0.25, -0.2) is 4.98 Å². The normalized spacial score (nSPS) is 16.1. The van der Waals surface area contributed by atoms with Gasteiger partial charge in [-0.15, -0.1) is 5.10 Å². The number of nitrogens with zero attached hydrogens (tertiary/aromatic N) is 3. The van der Waals surface area contributed by atoms with Crippen molar-refractivity contribution in [2.45, 2.75) is 32.6 Å². The predicted molar refractivity (Wildman–Crippen MR) is 41.2 cm³/mol. The smallest absolute Gasteiger partial charge is 0.148 e. The van der Waals surface area contributed by atoms with Crippen molar-refractivity contribution in [3.8, 4) is 0 Å². The van der Waals surface area contributed by atoms with Crippen LogP contribution in [0.4, 0.5) is 0 Å². The van der Waals surface area contributed by atoms with Gasteiger partial charge in [0.2, 0.25) is 0 Å². The van der Waals surface area contributed by atoms with E-state index in [0.29, 0.717) is 0 Å². The summed E-state index contributed by atoms with van der Waals surface area (Å²) < 4.78 is 0. The summed E-state index contributed by atoms with van der Waals surface area (Å²) in [6.45, 7) is 1.89. The highest BCUT2D eigenvalue weighted by Crippen LogP contribution is 2.15. The maximum atomic E-state index is 4.34. The highest BCUT2D eigenvalue weighted by Gasteiger charge is 2.11. The molecule has 1 aromatic heterocycles. The van der Waals surface area contributed by atoms with E-state index in [2.05, 4.69) is 15.2 Å². The standard InChI is InChI=1S/C8H11N3/c1-6-9-7-4-2-3-5-8(7)11-10-6/h2-5H2,1H3. The van der Waals surface area contributed by atoms with Crippen LogP contribution in [0.1, 0.15) is 30.1 Å². The van der Waals surface area contributed by atoms with Crippen molar-refractivity contribution in [1.29, 1.82) is 0 Å². The van der Waals surface area contributed by atoms with Gasteiger partial charge in [-0.3, -0.25) is 0 Å². The van der Waals surface area contributed by atoms with Crippen LogP contribution in [0.2, 0.25) is 0 Å². The second kappa shape index (κ2) is 2.57. The van der Waals surface area contributed by atoms with Crippen LogP contribution in [0, 0.1) is 6.92 Å². The van der Waals surface area contributed by atoms with Crippen molar-refractivity contribution in [2.75, 3.05) is 0 Å². The molecule has 0 bridgehead atoms. The van der Waals surface area contributed by atoms with Gasteiger partial charge >= 0.3 is 0 Å². The largest absolute Gasteiger partial charge is 0.234 e. The third kappa shape index (κ3) is 1.23. The van der Waals surface area contributed by atoms with Crippen LogP contribution in [0.15, 0.2) is 0 Å². The Balaban J connectivity index is 2.43. The van der Waals surface area contributed by atoms with E-state index in [0.717, 1.165) is 24.4 Å². The molecular formula is C8H11N3. The van der Waals surface area contributed by atoms with E-state index in [9.17, 15) is 0 Å². The first-order valence-corrected chi connectivity index (χ1v) is 4.05. The maximum Gasteiger partial charge on any atom is 0.148 e. The number of hydrogen-bond donors (Lipinski definition) is 0. The van der Waals surface area contributed by atoms with Crippen molar-refractivity contribution >= 4 is 0 Å². The monoisotopic (exact) mass is 149 g/mol. The summed E-state index contributed by atoms with van der Waals surface area (Å²) in [5.74, 6) is 0.797. The van der Waals surface area contributed by atoms with E-state index in [1.54, 1.807) is 0 Å². The second-order valence-corrected chi connectivity index (χ2v) is 2.96. The highest BCUT2D eigenvalue weighted by molar-refractivity contribution is 5.12. The van der Waals surface area contributed by atoms with Gasteiger partial charge in [0.05, 0.1) is 11.4 Å².